The molecule has 2 N–H and O–H groups in total. The number of primary amides is 1. The van der Waals surface area contributed by atoms with E-state index in [0.717, 1.165) is 12.8 Å². The zero-order chi connectivity index (χ0) is 17.0. The molecular formula is C16H17ClN2O4. The molecule has 1 aromatic heterocycles. The van der Waals surface area contributed by atoms with E-state index < -0.39 is 11.9 Å². The van der Waals surface area contributed by atoms with Gasteiger partial charge in [-0.05, 0) is 24.6 Å². The van der Waals surface area contributed by atoms with E-state index >= 15 is 0 Å². The summed E-state index contributed by atoms with van der Waals surface area (Å²) < 4.78 is 10.7. The van der Waals surface area contributed by atoms with Gasteiger partial charge in [-0.3, -0.25) is 9.59 Å². The Labute approximate surface area is 138 Å². The van der Waals surface area contributed by atoms with Gasteiger partial charge in [-0.25, -0.2) is 4.98 Å². The first-order chi connectivity index (χ1) is 10.9. The number of rotatable bonds is 6. The Morgan fingerprint density at radius 3 is 2.65 bits per heavy atom. The molecule has 0 aliphatic heterocycles. The van der Waals surface area contributed by atoms with Gasteiger partial charge in [0, 0.05) is 17.7 Å². The molecule has 2 aromatic rings. The summed E-state index contributed by atoms with van der Waals surface area (Å²) in [5, 5.41) is 1.07. The fraction of sp³-hybridized carbons (Fsp3) is 0.312. The van der Waals surface area contributed by atoms with Crippen LogP contribution in [0.2, 0.25) is 5.15 Å². The Kier molecular flexibility index (Phi) is 5.39. The molecule has 7 heteroatoms. The third-order valence-corrected chi connectivity index (χ3v) is 3.42. The second-order valence-electron chi connectivity index (χ2n) is 4.95. The Morgan fingerprint density at radius 2 is 2.04 bits per heavy atom. The lowest BCUT2D eigenvalue weighted by Crippen LogP contribution is -2.17. The highest BCUT2D eigenvalue weighted by Crippen LogP contribution is 2.35. The number of nitrogens with two attached hydrogens (primary N) is 1. The summed E-state index contributed by atoms with van der Waals surface area (Å²) in [7, 11) is 0. The number of esters is 1. The van der Waals surface area contributed by atoms with E-state index in [9.17, 15) is 9.59 Å². The smallest absolute Gasteiger partial charge is 0.308 e. The van der Waals surface area contributed by atoms with Crippen LogP contribution in [0, 0.1) is 0 Å². The molecule has 23 heavy (non-hydrogen) atoms. The number of hydrogen-bond acceptors (Lipinski definition) is 5. The van der Waals surface area contributed by atoms with Crippen molar-refractivity contribution in [2.24, 2.45) is 5.73 Å². The molecule has 0 unspecified atom stereocenters. The number of benzene rings is 1. The molecule has 1 amide bonds. The first-order valence-corrected chi connectivity index (χ1v) is 7.56. The Hall–Kier alpha value is -2.34. The van der Waals surface area contributed by atoms with Crippen molar-refractivity contribution in [3.05, 3.63) is 29.0 Å². The predicted octanol–water partition coefficient (Wildman–Crippen LogP) is 3.09. The van der Waals surface area contributed by atoms with Gasteiger partial charge in [0.25, 0.3) is 5.91 Å². The van der Waals surface area contributed by atoms with E-state index in [2.05, 4.69) is 11.9 Å². The molecule has 0 aliphatic rings. The van der Waals surface area contributed by atoms with Gasteiger partial charge in [-0.15, -0.1) is 0 Å². The second-order valence-corrected chi connectivity index (χ2v) is 5.31. The maximum Gasteiger partial charge on any atom is 0.308 e. The highest BCUT2D eigenvalue weighted by atomic mass is 35.5. The maximum absolute atomic E-state index is 11.5. The van der Waals surface area contributed by atoms with E-state index in [1.807, 2.05) is 0 Å². The fourth-order valence-corrected chi connectivity index (χ4v) is 2.31. The largest absolute Gasteiger partial charge is 0.494 e. The van der Waals surface area contributed by atoms with Gasteiger partial charge in [-0.2, -0.15) is 0 Å². The van der Waals surface area contributed by atoms with Crippen LogP contribution in [0.3, 0.4) is 0 Å². The Morgan fingerprint density at radius 1 is 1.30 bits per heavy atom. The van der Waals surface area contributed by atoms with Crippen molar-refractivity contribution in [2.45, 2.75) is 26.7 Å². The number of pyridine rings is 1. The van der Waals surface area contributed by atoms with E-state index in [0.29, 0.717) is 23.1 Å². The number of hydrogen-bond donors (Lipinski definition) is 1. The lowest BCUT2D eigenvalue weighted by atomic mass is 10.1. The van der Waals surface area contributed by atoms with E-state index in [4.69, 9.17) is 26.8 Å². The molecular weight excluding hydrogens is 320 g/mol. The predicted molar refractivity (Wildman–Crippen MR) is 87.0 cm³/mol. The molecule has 0 spiro atoms. The lowest BCUT2D eigenvalue weighted by molar-refractivity contribution is -0.131. The third kappa shape index (κ3) is 3.90. The number of amides is 1. The van der Waals surface area contributed by atoms with Crippen LogP contribution in [-0.2, 0) is 4.79 Å². The molecule has 1 heterocycles. The van der Waals surface area contributed by atoms with Gasteiger partial charge in [0.15, 0.2) is 11.4 Å². The second kappa shape index (κ2) is 7.28. The summed E-state index contributed by atoms with van der Waals surface area (Å²) in [5.74, 6) is -0.783. The standard InChI is InChI=1S/C16H17ClN2O4/c1-3-4-7-22-10-5-6-11-12(8-10)15(17)19-13(16(18)21)14(11)23-9(2)20/h5-6,8H,3-4,7H2,1-2H3,(H2,18,21). The Bertz CT molecular complexity index is 761. The topological polar surface area (TPSA) is 91.5 Å². The maximum atomic E-state index is 11.5. The molecule has 0 fully saturated rings. The first-order valence-electron chi connectivity index (χ1n) is 7.18. The normalized spacial score (nSPS) is 10.6. The molecule has 0 bridgehead atoms. The van der Waals surface area contributed by atoms with Crippen LogP contribution in [0.25, 0.3) is 10.8 Å². The number of carbonyl (C=O) groups is 2. The molecule has 0 aliphatic carbocycles. The Balaban J connectivity index is 2.55. The molecule has 0 atom stereocenters. The number of nitrogens with zero attached hydrogens (tertiary/aromatic N) is 1. The van der Waals surface area contributed by atoms with Gasteiger partial charge in [0.05, 0.1) is 6.61 Å². The van der Waals surface area contributed by atoms with Crippen LogP contribution in [0.1, 0.15) is 37.2 Å². The quantitative estimate of drug-likeness (QED) is 0.497. The minimum Gasteiger partial charge on any atom is -0.494 e. The van der Waals surface area contributed by atoms with Crippen LogP contribution >= 0.6 is 11.6 Å². The molecule has 2 rings (SSSR count). The molecule has 0 saturated carbocycles. The summed E-state index contributed by atoms with van der Waals surface area (Å²) >= 11 is 6.13. The number of carbonyl (C=O) groups excluding carboxylic acids is 2. The van der Waals surface area contributed by atoms with E-state index in [-0.39, 0.29) is 16.6 Å². The minimum absolute atomic E-state index is 0.00417. The number of halogens is 1. The van der Waals surface area contributed by atoms with E-state index in [1.165, 1.54) is 6.92 Å². The van der Waals surface area contributed by atoms with Gasteiger partial charge in [-0.1, -0.05) is 24.9 Å². The average molecular weight is 337 g/mol. The number of aromatic nitrogens is 1. The van der Waals surface area contributed by atoms with Gasteiger partial charge in [0.2, 0.25) is 0 Å². The summed E-state index contributed by atoms with van der Waals surface area (Å²) in [4.78, 5) is 26.8. The monoisotopic (exact) mass is 336 g/mol. The van der Waals surface area contributed by atoms with Crippen LogP contribution in [0.4, 0.5) is 0 Å². The molecule has 0 saturated heterocycles. The van der Waals surface area contributed by atoms with Crippen molar-refractivity contribution in [3.63, 3.8) is 0 Å². The van der Waals surface area contributed by atoms with Gasteiger partial charge < -0.3 is 15.2 Å². The summed E-state index contributed by atoms with van der Waals surface area (Å²) in [6.07, 6.45) is 1.96. The number of ether oxygens (including phenoxy) is 2. The summed E-state index contributed by atoms with van der Waals surface area (Å²) in [6.45, 7) is 3.89. The van der Waals surface area contributed by atoms with Crippen LogP contribution in [0.5, 0.6) is 11.5 Å². The molecule has 1 aromatic carbocycles. The molecule has 6 nitrogen and oxygen atoms in total. The van der Waals surface area contributed by atoms with Crippen LogP contribution in [-0.4, -0.2) is 23.5 Å². The van der Waals surface area contributed by atoms with E-state index in [1.54, 1.807) is 18.2 Å². The molecule has 0 radical (unpaired) electrons. The number of unbranched alkanes of at least 4 members (excludes halogenated alkanes) is 1. The highest BCUT2D eigenvalue weighted by Gasteiger charge is 2.20. The first kappa shape index (κ1) is 17.0. The van der Waals surface area contributed by atoms with Gasteiger partial charge >= 0.3 is 5.97 Å². The summed E-state index contributed by atoms with van der Waals surface area (Å²) in [6, 6.07) is 5.07. The zero-order valence-electron chi connectivity index (χ0n) is 12.9. The molecule has 122 valence electrons. The fourth-order valence-electron chi connectivity index (χ4n) is 2.07. The van der Waals surface area contributed by atoms with Crippen molar-refractivity contribution in [1.82, 2.24) is 4.98 Å². The van der Waals surface area contributed by atoms with Crippen molar-refractivity contribution in [2.75, 3.05) is 6.61 Å². The van der Waals surface area contributed by atoms with Crippen LogP contribution < -0.4 is 15.2 Å². The van der Waals surface area contributed by atoms with Gasteiger partial charge in [0.1, 0.15) is 10.9 Å². The summed E-state index contributed by atoms with van der Waals surface area (Å²) in [5.41, 5.74) is 5.10. The van der Waals surface area contributed by atoms with Crippen LogP contribution in [0.15, 0.2) is 18.2 Å². The highest BCUT2D eigenvalue weighted by molar-refractivity contribution is 6.35. The number of fused-ring (bicyclic) bond motifs is 1. The van der Waals surface area contributed by atoms with Crippen molar-refractivity contribution in [1.29, 1.82) is 0 Å². The van der Waals surface area contributed by atoms with Crippen molar-refractivity contribution in [3.8, 4) is 11.5 Å². The zero-order valence-corrected chi connectivity index (χ0v) is 13.6. The lowest BCUT2D eigenvalue weighted by Gasteiger charge is -2.12. The van der Waals surface area contributed by atoms with Crippen molar-refractivity contribution >= 4 is 34.2 Å². The average Bonchev–Trinajstić information content (AvgIpc) is 2.49. The van der Waals surface area contributed by atoms with Crippen molar-refractivity contribution < 1.29 is 19.1 Å². The third-order valence-electron chi connectivity index (χ3n) is 3.13. The SMILES string of the molecule is CCCCOc1ccc2c(OC(C)=O)c(C(N)=O)nc(Cl)c2c1. The minimum atomic E-state index is -0.826.